The van der Waals surface area contributed by atoms with Crippen LogP contribution in [0.1, 0.15) is 18.5 Å². The largest absolute Gasteiger partial charge is 0.508 e. The Bertz CT molecular complexity index is 602. The van der Waals surface area contributed by atoms with Gasteiger partial charge in [-0.3, -0.25) is 4.79 Å². The van der Waals surface area contributed by atoms with Crippen LogP contribution in [0.5, 0.6) is 5.75 Å². The summed E-state index contributed by atoms with van der Waals surface area (Å²) >= 11 is 0. The summed E-state index contributed by atoms with van der Waals surface area (Å²) in [5.41, 5.74) is -3.53. The first-order chi connectivity index (χ1) is 10.1. The molecule has 1 aromatic rings. The summed E-state index contributed by atoms with van der Waals surface area (Å²) in [6.07, 6.45) is -5.24. The number of aliphatic hydroxyl groups is 1. The van der Waals surface area contributed by atoms with Crippen LogP contribution in [0.25, 0.3) is 0 Å². The molecule has 1 fully saturated rings. The van der Waals surface area contributed by atoms with Crippen molar-refractivity contribution in [3.8, 4) is 5.75 Å². The number of nitrogens with one attached hydrogen (secondary N) is 2. The number of hydrogen-bond donors (Lipinski definition) is 4. The molecule has 0 radical (unpaired) electrons. The van der Waals surface area contributed by atoms with Gasteiger partial charge < -0.3 is 20.8 Å². The van der Waals surface area contributed by atoms with Gasteiger partial charge in [0, 0.05) is 0 Å². The van der Waals surface area contributed by atoms with Crippen LogP contribution in [-0.4, -0.2) is 33.9 Å². The average Bonchev–Trinajstić information content (AvgIpc) is 2.36. The fourth-order valence-electron chi connectivity index (χ4n) is 2.49. The predicted octanol–water partition coefficient (Wildman–Crippen LogP) is 1.20. The minimum absolute atomic E-state index is 0.130. The maximum absolute atomic E-state index is 13.2. The average molecular weight is 318 g/mol. The van der Waals surface area contributed by atoms with Gasteiger partial charge in [-0.05, 0) is 24.6 Å². The van der Waals surface area contributed by atoms with Gasteiger partial charge in [-0.2, -0.15) is 13.2 Å². The second-order valence-corrected chi connectivity index (χ2v) is 5.02. The molecule has 0 saturated carbocycles. The van der Waals surface area contributed by atoms with Gasteiger partial charge in [0.1, 0.15) is 11.5 Å². The highest BCUT2D eigenvalue weighted by atomic mass is 19.4. The van der Waals surface area contributed by atoms with Crippen LogP contribution in [0.4, 0.5) is 18.0 Å². The standard InChI is InChI=1S/C13H13F3N2O4/c1-6(19)9-10(7-2-4-8(20)5-3-7)17-11(21)18-12(9,22)13(14,15)16/h2-5,9-10,20,22H,1H3,(H2,17,18,21)/t9-,10-,12-/m1/s1. The Morgan fingerprint density at radius 3 is 2.27 bits per heavy atom. The molecule has 3 atom stereocenters. The molecule has 1 heterocycles. The molecule has 0 aromatic heterocycles. The molecule has 1 saturated heterocycles. The summed E-state index contributed by atoms with van der Waals surface area (Å²) < 4.78 is 39.5. The highest BCUT2D eigenvalue weighted by molar-refractivity contribution is 5.86. The fourth-order valence-corrected chi connectivity index (χ4v) is 2.49. The molecule has 0 spiro atoms. The number of amides is 2. The minimum Gasteiger partial charge on any atom is -0.508 e. The first-order valence-electron chi connectivity index (χ1n) is 6.23. The maximum Gasteiger partial charge on any atom is 0.437 e. The lowest BCUT2D eigenvalue weighted by molar-refractivity contribution is -0.290. The summed E-state index contributed by atoms with van der Waals surface area (Å²) in [5, 5.41) is 22.7. The van der Waals surface area contributed by atoms with Crippen molar-refractivity contribution in [2.24, 2.45) is 5.92 Å². The van der Waals surface area contributed by atoms with E-state index in [0.717, 1.165) is 6.92 Å². The smallest absolute Gasteiger partial charge is 0.437 e. The van der Waals surface area contributed by atoms with E-state index in [1.807, 2.05) is 0 Å². The third-order valence-corrected chi connectivity index (χ3v) is 3.50. The van der Waals surface area contributed by atoms with Crippen molar-refractivity contribution < 1.29 is 33.0 Å². The van der Waals surface area contributed by atoms with Crippen LogP contribution in [0.3, 0.4) is 0 Å². The predicted molar refractivity (Wildman–Crippen MR) is 67.7 cm³/mol. The molecule has 22 heavy (non-hydrogen) atoms. The van der Waals surface area contributed by atoms with Gasteiger partial charge in [0.25, 0.3) is 0 Å². The van der Waals surface area contributed by atoms with Crippen LogP contribution in [0.2, 0.25) is 0 Å². The highest BCUT2D eigenvalue weighted by Crippen LogP contribution is 2.42. The number of phenolic OH excluding ortho intramolecular Hbond substituents is 1. The van der Waals surface area contributed by atoms with E-state index in [1.54, 1.807) is 0 Å². The number of rotatable bonds is 2. The second kappa shape index (κ2) is 5.16. The number of Topliss-reactive ketones (excluding diaryl/α,β-unsaturated/α-hetero) is 1. The van der Waals surface area contributed by atoms with Crippen molar-refractivity contribution in [2.45, 2.75) is 24.9 Å². The summed E-state index contributed by atoms with van der Waals surface area (Å²) in [5.74, 6) is -3.06. The Hall–Kier alpha value is -2.29. The zero-order valence-electron chi connectivity index (χ0n) is 11.3. The molecule has 1 aromatic carbocycles. The van der Waals surface area contributed by atoms with Crippen molar-refractivity contribution >= 4 is 11.8 Å². The highest BCUT2D eigenvalue weighted by Gasteiger charge is 2.65. The number of ketones is 1. The number of urea groups is 1. The molecule has 1 aliphatic rings. The van der Waals surface area contributed by atoms with Gasteiger partial charge in [-0.25, -0.2) is 4.79 Å². The number of aromatic hydroxyl groups is 1. The van der Waals surface area contributed by atoms with E-state index in [9.17, 15) is 33.0 Å². The zero-order chi connectivity index (χ0) is 16.7. The number of phenols is 1. The van der Waals surface area contributed by atoms with Crippen LogP contribution in [0, 0.1) is 5.92 Å². The van der Waals surface area contributed by atoms with E-state index in [0.29, 0.717) is 0 Å². The van der Waals surface area contributed by atoms with Gasteiger partial charge in [0.2, 0.25) is 5.72 Å². The van der Waals surface area contributed by atoms with Crippen molar-refractivity contribution in [3.63, 3.8) is 0 Å². The molecule has 1 aliphatic heterocycles. The molecule has 4 N–H and O–H groups in total. The number of carbonyl (C=O) groups excluding carboxylic acids is 2. The zero-order valence-corrected chi connectivity index (χ0v) is 11.3. The van der Waals surface area contributed by atoms with Gasteiger partial charge in [0.05, 0.1) is 12.0 Å². The summed E-state index contributed by atoms with van der Waals surface area (Å²) in [6, 6.07) is 2.28. The Morgan fingerprint density at radius 2 is 1.82 bits per heavy atom. The lowest BCUT2D eigenvalue weighted by atomic mass is 9.79. The number of alkyl halides is 3. The second-order valence-electron chi connectivity index (χ2n) is 5.02. The Balaban J connectivity index is 2.54. The number of halogens is 3. The number of carbonyl (C=O) groups is 2. The van der Waals surface area contributed by atoms with E-state index in [2.05, 4.69) is 5.32 Å². The normalized spacial score (nSPS) is 28.7. The quantitative estimate of drug-likeness (QED) is 0.658. The molecular weight excluding hydrogens is 305 g/mol. The lowest BCUT2D eigenvalue weighted by Crippen LogP contribution is -2.72. The molecule has 9 heteroatoms. The third-order valence-electron chi connectivity index (χ3n) is 3.50. The van der Waals surface area contributed by atoms with E-state index in [1.165, 1.54) is 29.6 Å². The van der Waals surface area contributed by atoms with E-state index in [-0.39, 0.29) is 11.3 Å². The van der Waals surface area contributed by atoms with E-state index in [4.69, 9.17) is 0 Å². The Morgan fingerprint density at radius 1 is 1.27 bits per heavy atom. The van der Waals surface area contributed by atoms with Crippen molar-refractivity contribution in [1.82, 2.24) is 10.6 Å². The van der Waals surface area contributed by atoms with Gasteiger partial charge in [-0.15, -0.1) is 0 Å². The molecule has 0 aliphatic carbocycles. The van der Waals surface area contributed by atoms with Crippen LogP contribution < -0.4 is 10.6 Å². The lowest BCUT2D eigenvalue weighted by Gasteiger charge is -2.44. The monoisotopic (exact) mass is 318 g/mol. The molecule has 2 rings (SSSR count). The summed E-state index contributed by atoms with van der Waals surface area (Å²) in [7, 11) is 0. The van der Waals surface area contributed by atoms with E-state index >= 15 is 0 Å². The number of benzene rings is 1. The topological polar surface area (TPSA) is 98.7 Å². The van der Waals surface area contributed by atoms with Crippen molar-refractivity contribution in [3.05, 3.63) is 29.8 Å². The van der Waals surface area contributed by atoms with Gasteiger partial charge in [-0.1, -0.05) is 12.1 Å². The van der Waals surface area contributed by atoms with Crippen LogP contribution in [0.15, 0.2) is 24.3 Å². The molecule has 2 amide bonds. The SMILES string of the molecule is CC(=O)[C@@H]1[C@@H](c2ccc(O)cc2)NC(=O)N[C@]1(O)C(F)(F)F. The Kier molecular flexibility index (Phi) is 3.78. The fraction of sp³-hybridized carbons (Fsp3) is 0.385. The molecule has 6 nitrogen and oxygen atoms in total. The summed E-state index contributed by atoms with van der Waals surface area (Å²) in [4.78, 5) is 23.2. The van der Waals surface area contributed by atoms with E-state index < -0.39 is 35.7 Å². The minimum atomic E-state index is -5.24. The summed E-state index contributed by atoms with van der Waals surface area (Å²) in [6.45, 7) is 0.897. The van der Waals surface area contributed by atoms with Crippen molar-refractivity contribution in [1.29, 1.82) is 0 Å². The third kappa shape index (κ3) is 2.59. The van der Waals surface area contributed by atoms with Crippen LogP contribution in [-0.2, 0) is 4.79 Å². The first kappa shape index (κ1) is 16.1. The van der Waals surface area contributed by atoms with Crippen molar-refractivity contribution in [2.75, 3.05) is 0 Å². The number of hydrogen-bond acceptors (Lipinski definition) is 4. The molecular formula is C13H13F3N2O4. The molecule has 0 bridgehead atoms. The Labute approximate surface area is 122 Å². The van der Waals surface area contributed by atoms with Crippen LogP contribution >= 0.6 is 0 Å². The first-order valence-corrected chi connectivity index (χ1v) is 6.23. The van der Waals surface area contributed by atoms with Gasteiger partial charge >= 0.3 is 12.2 Å². The molecule has 0 unspecified atom stereocenters. The molecule has 120 valence electrons. The van der Waals surface area contributed by atoms with Gasteiger partial charge in [0.15, 0.2) is 0 Å². The maximum atomic E-state index is 13.2.